The number of ether oxygens (including phenoxy) is 2. The zero-order valence-electron chi connectivity index (χ0n) is 33.1. The van der Waals surface area contributed by atoms with Gasteiger partial charge in [0.05, 0.1) is 32.2 Å². The van der Waals surface area contributed by atoms with Crippen LogP contribution in [-0.4, -0.2) is 81.3 Å². The van der Waals surface area contributed by atoms with Crippen molar-refractivity contribution in [2.24, 2.45) is 0 Å². The predicted octanol–water partition coefficient (Wildman–Crippen LogP) is 7.32. The number of likely N-dealkylation sites (tertiary alicyclic amines) is 2. The van der Waals surface area contributed by atoms with Gasteiger partial charge in [-0.05, 0) is 65.6 Å². The van der Waals surface area contributed by atoms with Crippen LogP contribution in [0.15, 0.2) is 120 Å². The van der Waals surface area contributed by atoms with E-state index < -0.39 is 30.3 Å². The topological polar surface area (TPSA) is 185 Å². The molecule has 6 aromatic rings. The van der Waals surface area contributed by atoms with Gasteiger partial charge in [-0.15, -0.1) is 10.2 Å². The average molecular weight is 809 g/mol. The lowest BCUT2D eigenvalue weighted by molar-refractivity contribution is -0.135. The number of amides is 4. The molecular weight excluding hydrogens is 765 g/mol. The lowest BCUT2D eigenvalue weighted by atomic mass is 10.0. The van der Waals surface area contributed by atoms with Gasteiger partial charge in [-0.2, -0.15) is 0 Å². The molecule has 2 aliphatic heterocycles. The molecule has 1 unspecified atom stereocenters. The molecule has 0 aliphatic carbocycles. The fraction of sp³-hybridized carbons (Fsp3) is 0.267. The maximum Gasteiger partial charge on any atom is 0.407 e. The number of alkyl carbamates (subject to hydrolysis) is 2. The highest BCUT2D eigenvalue weighted by atomic mass is 16.5. The summed E-state index contributed by atoms with van der Waals surface area (Å²) in [6.07, 6.45) is 3.34. The first kappa shape index (κ1) is 39.5. The van der Waals surface area contributed by atoms with Crippen LogP contribution in [0.5, 0.6) is 0 Å². The van der Waals surface area contributed by atoms with Gasteiger partial charge < -0.3 is 39.3 Å². The minimum Gasteiger partial charge on any atom is -0.453 e. The van der Waals surface area contributed by atoms with Crippen LogP contribution in [0.4, 0.5) is 9.59 Å². The quantitative estimate of drug-likeness (QED) is 0.120. The highest BCUT2D eigenvalue weighted by molar-refractivity contribution is 5.88. The van der Waals surface area contributed by atoms with Crippen molar-refractivity contribution in [3.8, 4) is 33.8 Å². The Labute approximate surface area is 346 Å². The molecule has 4 atom stereocenters. The van der Waals surface area contributed by atoms with E-state index in [-0.39, 0.29) is 17.9 Å². The number of imidazole rings is 1. The molecule has 60 heavy (non-hydrogen) atoms. The predicted molar refractivity (Wildman–Crippen MR) is 220 cm³/mol. The highest BCUT2D eigenvalue weighted by Crippen LogP contribution is 2.37. The number of methoxy groups -OCH3 is 2. The number of carbonyl (C=O) groups is 4. The maximum absolute atomic E-state index is 13.9. The van der Waals surface area contributed by atoms with E-state index in [1.807, 2.05) is 97.1 Å². The van der Waals surface area contributed by atoms with Crippen molar-refractivity contribution in [3.63, 3.8) is 0 Å². The molecule has 2 fully saturated rings. The smallest absolute Gasteiger partial charge is 0.407 e. The van der Waals surface area contributed by atoms with Gasteiger partial charge in [0.25, 0.3) is 11.8 Å². The molecule has 0 saturated carbocycles. The normalized spacial score (nSPS) is 17.2. The second kappa shape index (κ2) is 17.7. The van der Waals surface area contributed by atoms with Gasteiger partial charge in [0.15, 0.2) is 0 Å². The summed E-state index contributed by atoms with van der Waals surface area (Å²) in [6, 6.07) is 31.6. The van der Waals surface area contributed by atoms with Crippen LogP contribution in [0.2, 0.25) is 0 Å². The Morgan fingerprint density at radius 1 is 0.650 bits per heavy atom. The fourth-order valence-electron chi connectivity index (χ4n) is 7.94. The first-order valence-corrected chi connectivity index (χ1v) is 19.8. The second-order valence-electron chi connectivity index (χ2n) is 14.6. The van der Waals surface area contributed by atoms with Crippen molar-refractivity contribution in [1.29, 1.82) is 0 Å². The molecule has 15 heteroatoms. The van der Waals surface area contributed by atoms with E-state index in [2.05, 4.69) is 30.8 Å². The Balaban J connectivity index is 0.928. The summed E-state index contributed by atoms with van der Waals surface area (Å²) in [4.78, 5) is 63.7. The van der Waals surface area contributed by atoms with Crippen LogP contribution >= 0.6 is 0 Å². The Morgan fingerprint density at radius 2 is 1.13 bits per heavy atom. The molecule has 2 saturated heterocycles. The van der Waals surface area contributed by atoms with E-state index in [1.54, 1.807) is 28.1 Å². The minimum absolute atomic E-state index is 0.224. The van der Waals surface area contributed by atoms with E-state index in [4.69, 9.17) is 13.9 Å². The van der Waals surface area contributed by atoms with E-state index in [0.717, 1.165) is 47.2 Å². The molecular formula is C45H44N8O7. The number of hydrogen-bond donors (Lipinski definition) is 3. The van der Waals surface area contributed by atoms with E-state index in [9.17, 15) is 19.2 Å². The van der Waals surface area contributed by atoms with E-state index in [1.165, 1.54) is 14.2 Å². The van der Waals surface area contributed by atoms with Crippen molar-refractivity contribution < 1.29 is 33.1 Å². The first-order chi connectivity index (χ1) is 29.3. The number of hydrogen-bond acceptors (Lipinski definition) is 10. The summed E-state index contributed by atoms with van der Waals surface area (Å²) in [6.45, 7) is 1.02. The number of aromatic amines is 1. The van der Waals surface area contributed by atoms with Gasteiger partial charge in [-0.1, -0.05) is 97.1 Å². The average Bonchev–Trinajstić information content (AvgIpc) is 4.15. The van der Waals surface area contributed by atoms with Gasteiger partial charge >= 0.3 is 12.2 Å². The number of carbonyl (C=O) groups excluding carboxylic acids is 4. The SMILES string of the molecule is COC(=O)NC(C(=O)N1CCC[C@H]1c1nnc(-c2ccc(-c3ccc(-c4cnc([C@@H]5CCCN5C(=O)[C@H](NC(=O)OC)c5ccccc5)[nH]4)cc3)cc2)o1)c1ccccc1. The van der Waals surface area contributed by atoms with Crippen molar-refractivity contribution >= 4 is 24.0 Å². The largest absolute Gasteiger partial charge is 0.453 e. The molecule has 4 heterocycles. The van der Waals surface area contributed by atoms with Crippen LogP contribution in [0, 0.1) is 0 Å². The summed E-state index contributed by atoms with van der Waals surface area (Å²) in [5.74, 6) is 0.850. The van der Waals surface area contributed by atoms with Crippen molar-refractivity contribution in [1.82, 2.24) is 40.6 Å². The summed E-state index contributed by atoms with van der Waals surface area (Å²) >= 11 is 0. The summed E-state index contributed by atoms with van der Waals surface area (Å²) in [7, 11) is 2.53. The van der Waals surface area contributed by atoms with Crippen LogP contribution < -0.4 is 10.6 Å². The lowest BCUT2D eigenvalue weighted by Gasteiger charge is -2.28. The number of rotatable bonds is 11. The Morgan fingerprint density at radius 3 is 1.67 bits per heavy atom. The third kappa shape index (κ3) is 8.32. The maximum atomic E-state index is 13.9. The zero-order chi connectivity index (χ0) is 41.6. The summed E-state index contributed by atoms with van der Waals surface area (Å²) in [5, 5.41) is 14.0. The summed E-state index contributed by atoms with van der Waals surface area (Å²) in [5.41, 5.74) is 5.80. The van der Waals surface area contributed by atoms with Crippen molar-refractivity contribution in [2.75, 3.05) is 27.3 Å². The Bertz CT molecular complexity index is 2270. The fourth-order valence-corrected chi connectivity index (χ4v) is 7.94. The van der Waals surface area contributed by atoms with Crippen LogP contribution in [-0.2, 0) is 19.1 Å². The zero-order valence-corrected chi connectivity index (χ0v) is 33.1. The molecule has 4 amide bonds. The number of H-pyrrole nitrogens is 1. The molecule has 306 valence electrons. The van der Waals surface area contributed by atoms with Gasteiger partial charge in [0.2, 0.25) is 11.8 Å². The van der Waals surface area contributed by atoms with Crippen molar-refractivity contribution in [2.45, 2.75) is 49.9 Å². The third-order valence-corrected chi connectivity index (χ3v) is 11.0. The Kier molecular flexibility index (Phi) is 11.7. The molecule has 15 nitrogen and oxygen atoms in total. The number of benzene rings is 4. The summed E-state index contributed by atoms with van der Waals surface area (Å²) < 4.78 is 15.8. The molecule has 0 spiro atoms. The monoisotopic (exact) mass is 808 g/mol. The standard InChI is InChI=1S/C45H44N8O7/c1-58-44(56)48-37(31-11-5-3-6-12-31)42(54)52-25-9-15-35(52)39-46-27-34(47-39)30-21-17-28(18-22-30)29-19-23-33(24-20-29)40-50-51-41(60-40)36-16-10-26-53(36)43(55)38(49-45(57)59-2)32-13-7-4-8-14-32/h3-8,11-14,17-24,27,35-38H,9-10,15-16,25-26H2,1-2H3,(H,46,47)(H,48,56)(H,49,57)/t35-,36-,37+,38?/m0/s1. The van der Waals surface area contributed by atoms with Crippen LogP contribution in [0.25, 0.3) is 33.8 Å². The van der Waals surface area contributed by atoms with Gasteiger partial charge in [-0.3, -0.25) is 9.59 Å². The first-order valence-electron chi connectivity index (χ1n) is 19.8. The number of nitrogens with zero attached hydrogens (tertiary/aromatic N) is 5. The molecule has 0 bridgehead atoms. The van der Waals surface area contributed by atoms with Gasteiger partial charge in [0, 0.05) is 18.7 Å². The molecule has 4 aromatic carbocycles. The van der Waals surface area contributed by atoms with Crippen LogP contribution in [0.1, 0.15) is 72.7 Å². The minimum atomic E-state index is -0.932. The molecule has 2 aromatic heterocycles. The Hall–Kier alpha value is -7.29. The van der Waals surface area contributed by atoms with Gasteiger partial charge in [-0.25, -0.2) is 14.6 Å². The second-order valence-corrected chi connectivity index (χ2v) is 14.6. The van der Waals surface area contributed by atoms with Gasteiger partial charge in [0.1, 0.15) is 23.9 Å². The molecule has 2 aliphatic rings. The number of aromatic nitrogens is 4. The third-order valence-electron chi connectivity index (χ3n) is 11.0. The highest BCUT2D eigenvalue weighted by Gasteiger charge is 2.39. The molecule has 8 rings (SSSR count). The number of nitrogens with one attached hydrogen (secondary N) is 3. The van der Waals surface area contributed by atoms with E-state index >= 15 is 0 Å². The molecule has 0 radical (unpaired) electrons. The van der Waals surface area contributed by atoms with Crippen LogP contribution in [0.3, 0.4) is 0 Å². The lowest BCUT2D eigenvalue weighted by Crippen LogP contribution is -2.42. The molecule has 3 N–H and O–H groups in total. The van der Waals surface area contributed by atoms with Crippen molar-refractivity contribution in [3.05, 3.63) is 138 Å². The van der Waals surface area contributed by atoms with E-state index in [0.29, 0.717) is 48.2 Å².